The molecule has 63 valence electrons. The number of rotatable bonds is 3. The minimum Gasteiger partial charge on any atom is -0.484 e. The van der Waals surface area contributed by atoms with Crippen LogP contribution in [0.1, 0.15) is 0 Å². The van der Waals surface area contributed by atoms with E-state index in [2.05, 4.69) is 0 Å². The summed E-state index contributed by atoms with van der Waals surface area (Å²) in [6, 6.07) is 6.60. The third kappa shape index (κ3) is 2.80. The maximum atomic E-state index is 10.2. The number of hydrogen-bond acceptors (Lipinski definition) is 2. The fourth-order valence-electron chi connectivity index (χ4n) is 0.680. The first-order valence-corrected chi connectivity index (χ1v) is 3.69. The van der Waals surface area contributed by atoms with E-state index in [9.17, 15) is 4.79 Å². The van der Waals surface area contributed by atoms with Crippen molar-refractivity contribution in [3.8, 4) is 5.75 Å². The van der Waals surface area contributed by atoms with Gasteiger partial charge in [0.05, 0.1) is 0 Å². The molecule has 1 N–H and O–H groups in total. The van der Waals surface area contributed by atoms with Crippen LogP contribution in [0.2, 0.25) is 5.02 Å². The lowest BCUT2D eigenvalue weighted by atomic mass is 10.3. The first kappa shape index (κ1) is 8.87. The van der Waals surface area contributed by atoms with Gasteiger partial charge in [0.15, 0.2) is 6.61 Å². The van der Waals surface area contributed by atoms with E-state index in [1.807, 2.05) is 0 Å². The van der Waals surface area contributed by atoms with Gasteiger partial charge in [0.2, 0.25) is 0 Å². The SMILES string of the molecule is [NH]C(=O)COc1ccc(Cl)cc1. The molecule has 0 saturated heterocycles. The van der Waals surface area contributed by atoms with Crippen LogP contribution in [-0.4, -0.2) is 12.5 Å². The predicted octanol–water partition coefficient (Wildman–Crippen LogP) is 1.53. The molecular formula is C8H7ClNO2. The average molecular weight is 185 g/mol. The number of carbonyl (C=O) groups is 1. The molecule has 0 aliphatic carbocycles. The van der Waals surface area contributed by atoms with Crippen molar-refractivity contribution in [2.45, 2.75) is 0 Å². The summed E-state index contributed by atoms with van der Waals surface area (Å²) < 4.78 is 4.93. The van der Waals surface area contributed by atoms with Crippen LogP contribution < -0.4 is 10.5 Å². The molecule has 0 fully saturated rings. The van der Waals surface area contributed by atoms with Crippen molar-refractivity contribution in [1.82, 2.24) is 5.73 Å². The number of amides is 1. The summed E-state index contributed by atoms with van der Waals surface area (Å²) in [6.07, 6.45) is 0. The maximum absolute atomic E-state index is 10.2. The van der Waals surface area contributed by atoms with Crippen LogP contribution in [0, 0.1) is 0 Å². The highest BCUT2D eigenvalue weighted by Crippen LogP contribution is 2.14. The fourth-order valence-corrected chi connectivity index (χ4v) is 0.806. The lowest BCUT2D eigenvalue weighted by Crippen LogP contribution is -2.10. The van der Waals surface area contributed by atoms with E-state index < -0.39 is 5.91 Å². The van der Waals surface area contributed by atoms with E-state index in [0.29, 0.717) is 10.8 Å². The molecule has 12 heavy (non-hydrogen) atoms. The van der Waals surface area contributed by atoms with Crippen molar-refractivity contribution in [1.29, 1.82) is 0 Å². The summed E-state index contributed by atoms with van der Waals surface area (Å²) in [5.41, 5.74) is 6.58. The van der Waals surface area contributed by atoms with Crippen LogP contribution in [0.3, 0.4) is 0 Å². The second-order valence-corrected chi connectivity index (χ2v) is 2.60. The van der Waals surface area contributed by atoms with Gasteiger partial charge in [-0.3, -0.25) is 10.5 Å². The zero-order valence-electron chi connectivity index (χ0n) is 6.21. The van der Waals surface area contributed by atoms with Crippen LogP contribution in [0.15, 0.2) is 24.3 Å². The molecule has 0 bridgehead atoms. The highest BCUT2D eigenvalue weighted by atomic mass is 35.5. The molecule has 0 atom stereocenters. The fraction of sp³-hybridized carbons (Fsp3) is 0.125. The Morgan fingerprint density at radius 1 is 1.42 bits per heavy atom. The van der Waals surface area contributed by atoms with E-state index in [1.54, 1.807) is 24.3 Å². The molecule has 0 aromatic heterocycles. The van der Waals surface area contributed by atoms with Crippen LogP contribution in [-0.2, 0) is 4.79 Å². The third-order valence-corrected chi connectivity index (χ3v) is 1.44. The molecule has 4 heteroatoms. The number of halogens is 1. The Labute approximate surface area is 75.1 Å². The van der Waals surface area contributed by atoms with Gasteiger partial charge in [0, 0.05) is 5.02 Å². The van der Waals surface area contributed by atoms with Crippen LogP contribution in [0.4, 0.5) is 0 Å². The highest BCUT2D eigenvalue weighted by molar-refractivity contribution is 6.30. The summed E-state index contributed by atoms with van der Waals surface area (Å²) in [4.78, 5) is 10.2. The van der Waals surface area contributed by atoms with Gasteiger partial charge in [-0.15, -0.1) is 0 Å². The third-order valence-electron chi connectivity index (χ3n) is 1.18. The quantitative estimate of drug-likeness (QED) is 0.715. The van der Waals surface area contributed by atoms with Gasteiger partial charge >= 0.3 is 0 Å². The molecule has 3 nitrogen and oxygen atoms in total. The van der Waals surface area contributed by atoms with Crippen molar-refractivity contribution in [3.05, 3.63) is 29.3 Å². The Balaban J connectivity index is 2.53. The molecule has 0 saturated carbocycles. The van der Waals surface area contributed by atoms with E-state index >= 15 is 0 Å². The maximum Gasteiger partial charge on any atom is 0.276 e. The molecule has 1 amide bonds. The van der Waals surface area contributed by atoms with Crippen molar-refractivity contribution in [2.24, 2.45) is 0 Å². The van der Waals surface area contributed by atoms with Gasteiger partial charge in [-0.1, -0.05) is 11.6 Å². The number of hydrogen-bond donors (Lipinski definition) is 0. The Morgan fingerprint density at radius 3 is 2.50 bits per heavy atom. The van der Waals surface area contributed by atoms with Crippen LogP contribution >= 0.6 is 11.6 Å². The molecule has 0 aliphatic heterocycles. The Morgan fingerprint density at radius 2 is 2.00 bits per heavy atom. The lowest BCUT2D eigenvalue weighted by molar-refractivity contribution is -0.120. The average Bonchev–Trinajstić information content (AvgIpc) is 2.03. The van der Waals surface area contributed by atoms with Crippen LogP contribution in [0.25, 0.3) is 0 Å². The molecule has 0 spiro atoms. The summed E-state index contributed by atoms with van der Waals surface area (Å²) in [5, 5.41) is 0.611. The molecule has 0 unspecified atom stereocenters. The van der Waals surface area contributed by atoms with Crippen molar-refractivity contribution in [3.63, 3.8) is 0 Å². The van der Waals surface area contributed by atoms with Gasteiger partial charge in [-0.25, -0.2) is 0 Å². The lowest BCUT2D eigenvalue weighted by Gasteiger charge is -2.01. The van der Waals surface area contributed by atoms with Gasteiger partial charge in [0.25, 0.3) is 5.91 Å². The Hall–Kier alpha value is -1.22. The van der Waals surface area contributed by atoms with E-state index in [-0.39, 0.29) is 6.61 Å². The van der Waals surface area contributed by atoms with Crippen molar-refractivity contribution in [2.75, 3.05) is 6.61 Å². The largest absolute Gasteiger partial charge is 0.484 e. The zero-order chi connectivity index (χ0) is 8.97. The molecular weight excluding hydrogens is 178 g/mol. The summed E-state index contributed by atoms with van der Waals surface area (Å²) >= 11 is 5.61. The minimum atomic E-state index is -0.745. The van der Waals surface area contributed by atoms with Crippen LogP contribution in [0.5, 0.6) is 5.75 Å². The smallest absolute Gasteiger partial charge is 0.276 e. The molecule has 1 aromatic carbocycles. The molecule has 0 heterocycles. The van der Waals surface area contributed by atoms with Gasteiger partial charge in [-0.2, -0.15) is 0 Å². The minimum absolute atomic E-state index is 0.221. The zero-order valence-corrected chi connectivity index (χ0v) is 6.97. The normalized spacial score (nSPS) is 9.42. The number of ether oxygens (including phenoxy) is 1. The van der Waals surface area contributed by atoms with E-state index in [1.165, 1.54) is 0 Å². The van der Waals surface area contributed by atoms with Crippen molar-refractivity contribution >= 4 is 17.5 Å². The highest BCUT2D eigenvalue weighted by Gasteiger charge is 1.96. The standard InChI is InChI=1S/C8H7ClNO2/c9-6-1-3-7(4-2-6)12-5-8(10)11/h1-4,10H,5H2. The molecule has 1 rings (SSSR count). The first-order valence-electron chi connectivity index (χ1n) is 3.31. The molecule has 0 aliphatic rings. The second kappa shape index (κ2) is 3.97. The second-order valence-electron chi connectivity index (χ2n) is 2.17. The summed E-state index contributed by atoms with van der Waals surface area (Å²) in [5.74, 6) is -0.204. The number of nitrogens with one attached hydrogen (secondary N) is 1. The summed E-state index contributed by atoms with van der Waals surface area (Å²) in [7, 11) is 0. The monoisotopic (exact) mass is 184 g/mol. The summed E-state index contributed by atoms with van der Waals surface area (Å²) in [6.45, 7) is -0.221. The Bertz CT molecular complexity index is 271. The van der Waals surface area contributed by atoms with Gasteiger partial charge in [0.1, 0.15) is 5.75 Å². The predicted molar refractivity (Wildman–Crippen MR) is 45.1 cm³/mol. The van der Waals surface area contributed by atoms with Gasteiger partial charge < -0.3 is 4.74 Å². The number of carbonyl (C=O) groups excluding carboxylic acids is 1. The Kier molecular flexibility index (Phi) is 2.94. The number of benzene rings is 1. The molecule has 1 aromatic rings. The molecule has 1 radical (unpaired) electrons. The van der Waals surface area contributed by atoms with E-state index in [4.69, 9.17) is 22.1 Å². The van der Waals surface area contributed by atoms with Gasteiger partial charge in [-0.05, 0) is 24.3 Å². The first-order chi connectivity index (χ1) is 5.68. The van der Waals surface area contributed by atoms with E-state index in [0.717, 1.165) is 0 Å². The topological polar surface area (TPSA) is 50.1 Å². The van der Waals surface area contributed by atoms with Crippen molar-refractivity contribution < 1.29 is 9.53 Å².